The van der Waals surface area contributed by atoms with E-state index in [1.54, 1.807) is 0 Å². The van der Waals surface area contributed by atoms with E-state index in [1.165, 1.54) is 18.2 Å². The molecule has 3 heteroatoms. The highest BCUT2D eigenvalue weighted by atomic mass is 16.5. The molecule has 91 valence electrons. The third-order valence-electron chi connectivity index (χ3n) is 3.41. The summed E-state index contributed by atoms with van der Waals surface area (Å²) in [5.41, 5.74) is 3.18. The predicted octanol–water partition coefficient (Wildman–Crippen LogP) is 2.26. The molecule has 2 rings (SSSR count). The number of aryl methyl sites for hydroxylation is 1. The summed E-state index contributed by atoms with van der Waals surface area (Å²) in [6.45, 7) is 3.97. The number of nitrogens with zero attached hydrogens (tertiary/aromatic N) is 1. The number of carbonyl (C=O) groups is 1. The lowest BCUT2D eigenvalue weighted by atomic mass is 9.86. The van der Waals surface area contributed by atoms with Gasteiger partial charge < -0.3 is 4.74 Å². The largest absolute Gasteiger partial charge is 0.465 e. The minimum Gasteiger partial charge on any atom is -0.465 e. The fourth-order valence-electron chi connectivity index (χ4n) is 2.39. The van der Waals surface area contributed by atoms with Gasteiger partial charge in [-0.1, -0.05) is 6.07 Å². The normalized spacial score (nSPS) is 16.8. The first-order valence-electron chi connectivity index (χ1n) is 6.04. The fourth-order valence-corrected chi connectivity index (χ4v) is 2.39. The van der Waals surface area contributed by atoms with Gasteiger partial charge in [0.15, 0.2) is 0 Å². The first kappa shape index (κ1) is 12.1. The molecule has 0 saturated carbocycles. The molecular formula is C14H18NO2. The summed E-state index contributed by atoms with van der Waals surface area (Å²) in [4.78, 5) is 11.5. The van der Waals surface area contributed by atoms with Gasteiger partial charge in [-0.3, -0.25) is 0 Å². The Bertz CT molecular complexity index is 409. The van der Waals surface area contributed by atoms with Crippen molar-refractivity contribution >= 4 is 5.97 Å². The highest BCUT2D eigenvalue weighted by molar-refractivity contribution is 5.89. The van der Waals surface area contributed by atoms with Crippen LogP contribution in [0.25, 0.3) is 0 Å². The molecule has 1 aromatic carbocycles. The van der Waals surface area contributed by atoms with Crippen LogP contribution in [0.1, 0.15) is 40.2 Å². The van der Waals surface area contributed by atoms with Crippen molar-refractivity contribution < 1.29 is 9.53 Å². The first-order valence-corrected chi connectivity index (χ1v) is 6.04. The molecule has 1 heterocycles. The van der Waals surface area contributed by atoms with E-state index in [0.29, 0.717) is 11.5 Å². The minimum absolute atomic E-state index is 0.258. The van der Waals surface area contributed by atoms with E-state index in [9.17, 15) is 4.79 Å². The van der Waals surface area contributed by atoms with Crippen molar-refractivity contribution in [2.24, 2.45) is 0 Å². The zero-order chi connectivity index (χ0) is 12.3. The van der Waals surface area contributed by atoms with Crippen LogP contribution in [0.5, 0.6) is 0 Å². The number of carbonyl (C=O) groups excluding carboxylic acids is 1. The van der Waals surface area contributed by atoms with Crippen LogP contribution in [0.4, 0.5) is 0 Å². The standard InChI is InChI=1S/C14H18NO2/c1-10-3-4-12(14(16)17-2)9-13(10)11-5-7-15-8-6-11/h3-4,9,11H,5-8H2,1-2H3. The molecule has 1 aliphatic heterocycles. The van der Waals surface area contributed by atoms with Crippen LogP contribution in [0.3, 0.4) is 0 Å². The van der Waals surface area contributed by atoms with Crippen LogP contribution in [-0.4, -0.2) is 26.2 Å². The number of hydrogen-bond donors (Lipinski definition) is 0. The molecule has 0 amide bonds. The minimum atomic E-state index is -0.258. The van der Waals surface area contributed by atoms with E-state index >= 15 is 0 Å². The van der Waals surface area contributed by atoms with Crippen molar-refractivity contribution in [2.75, 3.05) is 20.2 Å². The molecular weight excluding hydrogens is 214 g/mol. The summed E-state index contributed by atoms with van der Waals surface area (Å²) >= 11 is 0. The third kappa shape index (κ3) is 2.67. The van der Waals surface area contributed by atoms with E-state index < -0.39 is 0 Å². The van der Waals surface area contributed by atoms with Gasteiger partial charge in [-0.15, -0.1) is 0 Å². The maximum atomic E-state index is 11.5. The number of hydrogen-bond acceptors (Lipinski definition) is 2. The Morgan fingerprint density at radius 1 is 1.35 bits per heavy atom. The molecule has 1 saturated heterocycles. The Balaban J connectivity index is 2.28. The van der Waals surface area contributed by atoms with E-state index in [4.69, 9.17) is 4.74 Å². The second-order valence-electron chi connectivity index (χ2n) is 4.51. The molecule has 3 nitrogen and oxygen atoms in total. The molecule has 0 atom stereocenters. The van der Waals surface area contributed by atoms with Crippen LogP contribution >= 0.6 is 0 Å². The van der Waals surface area contributed by atoms with E-state index in [2.05, 4.69) is 12.2 Å². The van der Waals surface area contributed by atoms with Crippen molar-refractivity contribution in [1.29, 1.82) is 0 Å². The summed E-state index contributed by atoms with van der Waals surface area (Å²) in [6.07, 6.45) is 2.18. The lowest BCUT2D eigenvalue weighted by molar-refractivity contribution is 0.0600. The van der Waals surface area contributed by atoms with Crippen molar-refractivity contribution in [2.45, 2.75) is 25.7 Å². The molecule has 0 aliphatic carbocycles. The molecule has 0 aromatic heterocycles. The Hall–Kier alpha value is -1.35. The smallest absolute Gasteiger partial charge is 0.337 e. The molecule has 17 heavy (non-hydrogen) atoms. The number of rotatable bonds is 2. The zero-order valence-electron chi connectivity index (χ0n) is 10.4. The topological polar surface area (TPSA) is 40.4 Å². The quantitative estimate of drug-likeness (QED) is 0.734. The van der Waals surface area contributed by atoms with Crippen molar-refractivity contribution in [1.82, 2.24) is 5.32 Å². The number of methoxy groups -OCH3 is 1. The van der Waals surface area contributed by atoms with E-state index in [0.717, 1.165) is 25.9 Å². The molecule has 1 aromatic rings. The van der Waals surface area contributed by atoms with Crippen LogP contribution in [0.15, 0.2) is 18.2 Å². The summed E-state index contributed by atoms with van der Waals surface area (Å²) in [6, 6.07) is 5.82. The van der Waals surface area contributed by atoms with Crippen molar-refractivity contribution in [3.05, 3.63) is 34.9 Å². The van der Waals surface area contributed by atoms with Crippen LogP contribution < -0.4 is 5.32 Å². The van der Waals surface area contributed by atoms with Gasteiger partial charge in [-0.05, 0) is 48.9 Å². The molecule has 1 aliphatic rings. The summed E-state index contributed by atoms with van der Waals surface area (Å²) in [5.74, 6) is 0.281. The zero-order valence-corrected chi connectivity index (χ0v) is 10.4. The summed E-state index contributed by atoms with van der Waals surface area (Å²) in [7, 11) is 1.42. The first-order chi connectivity index (χ1) is 8.22. The third-order valence-corrected chi connectivity index (χ3v) is 3.41. The number of ether oxygens (including phenoxy) is 1. The maximum Gasteiger partial charge on any atom is 0.337 e. The molecule has 0 bridgehead atoms. The number of esters is 1. The Morgan fingerprint density at radius 2 is 2.06 bits per heavy atom. The second-order valence-corrected chi connectivity index (χ2v) is 4.51. The number of piperidine rings is 1. The SMILES string of the molecule is COC(=O)c1ccc(C)c(C2CC[N]CC2)c1. The Labute approximate surface area is 102 Å². The van der Waals surface area contributed by atoms with Gasteiger partial charge in [-0.2, -0.15) is 0 Å². The van der Waals surface area contributed by atoms with Gasteiger partial charge in [0.05, 0.1) is 12.7 Å². The van der Waals surface area contributed by atoms with Gasteiger partial charge in [0.1, 0.15) is 0 Å². The summed E-state index contributed by atoms with van der Waals surface area (Å²) in [5, 5.41) is 4.36. The van der Waals surface area contributed by atoms with Crippen LogP contribution in [0.2, 0.25) is 0 Å². The Morgan fingerprint density at radius 3 is 2.71 bits per heavy atom. The Kier molecular flexibility index (Phi) is 3.79. The average Bonchev–Trinajstić information content (AvgIpc) is 2.39. The molecule has 0 N–H and O–H groups in total. The molecule has 0 unspecified atom stereocenters. The van der Waals surface area contributed by atoms with E-state index in [-0.39, 0.29) is 5.97 Å². The van der Waals surface area contributed by atoms with Gasteiger partial charge in [0, 0.05) is 13.1 Å². The highest BCUT2D eigenvalue weighted by Gasteiger charge is 2.19. The van der Waals surface area contributed by atoms with Gasteiger partial charge in [0.2, 0.25) is 0 Å². The lowest BCUT2D eigenvalue weighted by Crippen LogP contribution is -2.21. The van der Waals surface area contributed by atoms with Gasteiger partial charge in [-0.25, -0.2) is 10.1 Å². The van der Waals surface area contributed by atoms with Crippen LogP contribution in [-0.2, 0) is 4.74 Å². The van der Waals surface area contributed by atoms with E-state index in [1.807, 2.05) is 18.2 Å². The maximum absolute atomic E-state index is 11.5. The monoisotopic (exact) mass is 232 g/mol. The van der Waals surface area contributed by atoms with Crippen molar-refractivity contribution in [3.8, 4) is 0 Å². The molecule has 0 spiro atoms. The second kappa shape index (κ2) is 5.32. The number of benzene rings is 1. The average molecular weight is 232 g/mol. The van der Waals surface area contributed by atoms with Crippen molar-refractivity contribution in [3.63, 3.8) is 0 Å². The predicted molar refractivity (Wildman–Crippen MR) is 66.4 cm³/mol. The highest BCUT2D eigenvalue weighted by Crippen LogP contribution is 2.29. The molecule has 1 radical (unpaired) electrons. The van der Waals surface area contributed by atoms with Gasteiger partial charge >= 0.3 is 5.97 Å². The van der Waals surface area contributed by atoms with Crippen LogP contribution in [0, 0.1) is 6.92 Å². The fraction of sp³-hybridized carbons (Fsp3) is 0.500. The lowest BCUT2D eigenvalue weighted by Gasteiger charge is -2.23. The summed E-state index contributed by atoms with van der Waals surface area (Å²) < 4.78 is 4.76. The van der Waals surface area contributed by atoms with Gasteiger partial charge in [0.25, 0.3) is 0 Å². The molecule has 1 fully saturated rings.